The molecule has 0 aliphatic heterocycles. The highest BCUT2D eigenvalue weighted by Gasteiger charge is 2.25. The topological polar surface area (TPSA) is 83.9 Å². The lowest BCUT2D eigenvalue weighted by molar-refractivity contribution is -0.136. The lowest BCUT2D eigenvalue weighted by Gasteiger charge is -2.22. The van der Waals surface area contributed by atoms with Crippen molar-refractivity contribution in [3.05, 3.63) is 82.7 Å². The normalized spacial score (nSPS) is 10.8. The van der Waals surface area contributed by atoms with Crippen molar-refractivity contribution < 1.29 is 23.5 Å². The Morgan fingerprint density at radius 3 is 2.46 bits per heavy atom. The number of carboxylic acid groups (broad SMARTS) is 1. The smallest absolute Gasteiger partial charge is 0.311 e. The Hall–Kier alpha value is -3.28. The Morgan fingerprint density at radius 1 is 1.07 bits per heavy atom. The average molecular weight is 381 g/mol. The molecule has 1 amide bonds. The molecule has 3 rings (SSSR count). The number of hydrogen-bond donors (Lipinski definition) is 1. The SMILES string of the molecule is Cc1ccc(CCN(Cc2ccco2)C(=O)c2c(C)coc2CC(=O)O)cc1. The zero-order chi connectivity index (χ0) is 20.1. The fourth-order valence-electron chi connectivity index (χ4n) is 3.07. The van der Waals surface area contributed by atoms with Crippen molar-refractivity contribution in [2.45, 2.75) is 33.2 Å². The van der Waals surface area contributed by atoms with Crippen LogP contribution in [-0.2, 0) is 24.2 Å². The van der Waals surface area contributed by atoms with Crippen molar-refractivity contribution in [1.29, 1.82) is 0 Å². The molecule has 6 nitrogen and oxygen atoms in total. The van der Waals surface area contributed by atoms with E-state index in [1.165, 1.54) is 11.8 Å². The Labute approximate surface area is 163 Å². The van der Waals surface area contributed by atoms with Crippen LogP contribution in [0.4, 0.5) is 0 Å². The van der Waals surface area contributed by atoms with Crippen LogP contribution >= 0.6 is 0 Å². The standard InChI is InChI=1S/C22H23NO5/c1-15-5-7-17(8-6-15)9-10-23(13-18-4-3-11-27-18)22(26)21-16(2)14-28-19(21)12-20(24)25/h3-8,11,14H,9-10,12-13H2,1-2H3,(H,24,25). The van der Waals surface area contributed by atoms with E-state index in [1.807, 2.05) is 37.3 Å². The number of aliphatic carboxylic acids is 1. The molecule has 0 atom stereocenters. The summed E-state index contributed by atoms with van der Waals surface area (Å²) in [4.78, 5) is 26.0. The molecule has 1 aromatic carbocycles. The van der Waals surface area contributed by atoms with E-state index in [4.69, 9.17) is 13.9 Å². The maximum absolute atomic E-state index is 13.3. The summed E-state index contributed by atoms with van der Waals surface area (Å²) in [5.74, 6) is -0.459. The predicted octanol–water partition coefficient (Wildman–Crippen LogP) is 4.00. The summed E-state index contributed by atoms with van der Waals surface area (Å²) in [5, 5.41) is 9.10. The van der Waals surface area contributed by atoms with Gasteiger partial charge >= 0.3 is 5.97 Å². The van der Waals surface area contributed by atoms with E-state index in [9.17, 15) is 9.59 Å². The third-order valence-electron chi connectivity index (χ3n) is 4.58. The van der Waals surface area contributed by atoms with Gasteiger partial charge in [0.2, 0.25) is 0 Å². The summed E-state index contributed by atoms with van der Waals surface area (Å²) in [6, 6.07) is 11.8. The number of aryl methyl sites for hydroxylation is 2. The monoisotopic (exact) mass is 381 g/mol. The molecule has 0 aliphatic rings. The van der Waals surface area contributed by atoms with Gasteiger partial charge in [-0.3, -0.25) is 9.59 Å². The van der Waals surface area contributed by atoms with Gasteiger partial charge in [0.05, 0.1) is 24.6 Å². The van der Waals surface area contributed by atoms with Crippen LogP contribution in [-0.4, -0.2) is 28.4 Å². The van der Waals surface area contributed by atoms with Crippen LogP contribution in [0.1, 0.15) is 38.6 Å². The van der Waals surface area contributed by atoms with E-state index in [2.05, 4.69) is 0 Å². The molecule has 0 unspecified atom stereocenters. The van der Waals surface area contributed by atoms with Crippen molar-refractivity contribution >= 4 is 11.9 Å². The Kier molecular flexibility index (Phi) is 5.99. The highest BCUT2D eigenvalue weighted by atomic mass is 16.4. The van der Waals surface area contributed by atoms with Gasteiger partial charge in [-0.15, -0.1) is 0 Å². The fraction of sp³-hybridized carbons (Fsp3) is 0.273. The highest BCUT2D eigenvalue weighted by molar-refractivity contribution is 5.97. The van der Waals surface area contributed by atoms with Gasteiger partial charge in [0.1, 0.15) is 17.9 Å². The van der Waals surface area contributed by atoms with Crippen LogP contribution in [0, 0.1) is 13.8 Å². The molecule has 146 valence electrons. The Morgan fingerprint density at radius 2 is 1.82 bits per heavy atom. The van der Waals surface area contributed by atoms with Crippen LogP contribution in [0.25, 0.3) is 0 Å². The number of nitrogens with zero attached hydrogens (tertiary/aromatic N) is 1. The first-order valence-corrected chi connectivity index (χ1v) is 9.10. The van der Waals surface area contributed by atoms with E-state index in [-0.39, 0.29) is 18.1 Å². The molecule has 0 saturated carbocycles. The van der Waals surface area contributed by atoms with Gasteiger partial charge in [0.15, 0.2) is 0 Å². The van der Waals surface area contributed by atoms with Gasteiger partial charge in [-0.2, -0.15) is 0 Å². The van der Waals surface area contributed by atoms with Gasteiger partial charge in [-0.25, -0.2) is 0 Å². The first-order chi connectivity index (χ1) is 13.4. The second-order valence-corrected chi connectivity index (χ2v) is 6.83. The molecular formula is C22H23NO5. The molecule has 0 spiro atoms. The molecule has 28 heavy (non-hydrogen) atoms. The van der Waals surface area contributed by atoms with Crippen molar-refractivity contribution in [3.8, 4) is 0 Å². The zero-order valence-corrected chi connectivity index (χ0v) is 16.0. The van der Waals surface area contributed by atoms with E-state index in [0.717, 1.165) is 5.56 Å². The number of carbonyl (C=O) groups is 2. The van der Waals surface area contributed by atoms with Crippen molar-refractivity contribution in [3.63, 3.8) is 0 Å². The summed E-state index contributed by atoms with van der Waals surface area (Å²) >= 11 is 0. The van der Waals surface area contributed by atoms with Crippen molar-refractivity contribution in [2.24, 2.45) is 0 Å². The van der Waals surface area contributed by atoms with E-state index < -0.39 is 5.97 Å². The number of carbonyl (C=O) groups excluding carboxylic acids is 1. The quantitative estimate of drug-likeness (QED) is 0.637. The minimum absolute atomic E-state index is 0.176. The van der Waals surface area contributed by atoms with E-state index in [0.29, 0.717) is 36.4 Å². The third kappa shape index (κ3) is 4.71. The fourth-order valence-corrected chi connectivity index (χ4v) is 3.07. The Balaban J connectivity index is 1.83. The first-order valence-electron chi connectivity index (χ1n) is 9.10. The molecule has 0 saturated heterocycles. The minimum Gasteiger partial charge on any atom is -0.481 e. The molecule has 1 N–H and O–H groups in total. The van der Waals surface area contributed by atoms with Crippen LogP contribution in [0.15, 0.2) is 57.8 Å². The number of hydrogen-bond acceptors (Lipinski definition) is 4. The second kappa shape index (κ2) is 8.61. The molecule has 2 aromatic heterocycles. The zero-order valence-electron chi connectivity index (χ0n) is 16.0. The molecule has 3 aromatic rings. The van der Waals surface area contributed by atoms with Gasteiger partial charge in [-0.1, -0.05) is 29.8 Å². The molecule has 2 heterocycles. The van der Waals surface area contributed by atoms with Gasteiger partial charge in [0.25, 0.3) is 5.91 Å². The van der Waals surface area contributed by atoms with Crippen molar-refractivity contribution in [2.75, 3.05) is 6.54 Å². The van der Waals surface area contributed by atoms with Crippen LogP contribution in [0.5, 0.6) is 0 Å². The summed E-state index contributed by atoms with van der Waals surface area (Å²) in [6.07, 6.45) is 3.34. The average Bonchev–Trinajstić information content (AvgIpc) is 3.29. The minimum atomic E-state index is -1.04. The lowest BCUT2D eigenvalue weighted by Crippen LogP contribution is -2.33. The predicted molar refractivity (Wildman–Crippen MR) is 103 cm³/mol. The largest absolute Gasteiger partial charge is 0.481 e. The first kappa shape index (κ1) is 19.5. The number of rotatable bonds is 8. The summed E-state index contributed by atoms with van der Waals surface area (Å²) in [6.45, 7) is 4.55. The van der Waals surface area contributed by atoms with Crippen molar-refractivity contribution in [1.82, 2.24) is 4.90 Å². The summed E-state index contributed by atoms with van der Waals surface area (Å²) in [5.41, 5.74) is 3.25. The van der Waals surface area contributed by atoms with Crippen LogP contribution in [0.3, 0.4) is 0 Å². The van der Waals surface area contributed by atoms with Gasteiger partial charge in [0, 0.05) is 12.1 Å². The molecule has 0 fully saturated rings. The number of benzene rings is 1. The molecule has 0 radical (unpaired) electrons. The lowest BCUT2D eigenvalue weighted by atomic mass is 10.1. The van der Waals surface area contributed by atoms with Gasteiger partial charge in [-0.05, 0) is 38.0 Å². The number of amides is 1. The van der Waals surface area contributed by atoms with Gasteiger partial charge < -0.3 is 18.8 Å². The third-order valence-corrected chi connectivity index (χ3v) is 4.58. The number of furan rings is 2. The summed E-state index contributed by atoms with van der Waals surface area (Å²) < 4.78 is 10.7. The van der Waals surface area contributed by atoms with E-state index in [1.54, 1.807) is 24.2 Å². The van der Waals surface area contributed by atoms with Crippen LogP contribution in [0.2, 0.25) is 0 Å². The Bertz CT molecular complexity index is 938. The molecular weight excluding hydrogens is 358 g/mol. The molecule has 6 heteroatoms. The molecule has 0 bridgehead atoms. The van der Waals surface area contributed by atoms with E-state index >= 15 is 0 Å². The second-order valence-electron chi connectivity index (χ2n) is 6.83. The maximum atomic E-state index is 13.3. The number of carboxylic acids is 1. The van der Waals surface area contributed by atoms with Crippen LogP contribution < -0.4 is 0 Å². The highest BCUT2D eigenvalue weighted by Crippen LogP contribution is 2.21. The molecule has 0 aliphatic carbocycles. The maximum Gasteiger partial charge on any atom is 0.311 e. The summed E-state index contributed by atoms with van der Waals surface area (Å²) in [7, 11) is 0.